The minimum Gasteiger partial charge on any atom is -0.450 e. The first-order valence-corrected chi connectivity index (χ1v) is 6.30. The lowest BCUT2D eigenvalue weighted by atomic mass is 9.92. The van der Waals surface area contributed by atoms with Crippen molar-refractivity contribution in [1.82, 2.24) is 0 Å². The Morgan fingerprint density at radius 1 is 1.44 bits per heavy atom. The molecule has 16 heavy (non-hydrogen) atoms. The van der Waals surface area contributed by atoms with E-state index in [4.69, 9.17) is 16.3 Å². The van der Waals surface area contributed by atoms with Crippen LogP contribution in [0.25, 0.3) is 0 Å². The van der Waals surface area contributed by atoms with Crippen LogP contribution in [-0.2, 0) is 15.1 Å². The van der Waals surface area contributed by atoms with Gasteiger partial charge in [0.25, 0.3) is 0 Å². The van der Waals surface area contributed by atoms with Gasteiger partial charge >= 0.3 is 5.97 Å². The van der Waals surface area contributed by atoms with Crippen LogP contribution in [0.3, 0.4) is 0 Å². The van der Waals surface area contributed by atoms with Crippen molar-refractivity contribution in [3.8, 4) is 0 Å². The number of carbonyl (C=O) groups excluding carboxylic acids is 1. The maximum absolute atomic E-state index is 11.4. The molecule has 0 spiro atoms. The maximum Gasteiger partial charge on any atom is 0.334 e. The molecule has 4 heteroatoms. The predicted molar refractivity (Wildman–Crippen MR) is 66.8 cm³/mol. The average molecular weight is 302 g/mol. The monoisotopic (exact) mass is 300 g/mol. The van der Waals surface area contributed by atoms with E-state index in [1.54, 1.807) is 12.1 Å². The third-order valence-electron chi connectivity index (χ3n) is 2.66. The van der Waals surface area contributed by atoms with Crippen LogP contribution >= 0.6 is 27.5 Å². The number of hydrogen-bond acceptors (Lipinski definition) is 2. The minimum absolute atomic E-state index is 0.325. The molecule has 1 fully saturated rings. The number of hydrogen-bond donors (Lipinski definition) is 0. The van der Waals surface area contributed by atoms with Crippen molar-refractivity contribution in [1.29, 1.82) is 0 Å². The zero-order valence-corrected chi connectivity index (χ0v) is 10.8. The van der Waals surface area contributed by atoms with Crippen LogP contribution < -0.4 is 0 Å². The summed E-state index contributed by atoms with van der Waals surface area (Å²) in [5, 5.41) is 1.21. The number of halogens is 2. The van der Waals surface area contributed by atoms with E-state index in [2.05, 4.69) is 22.5 Å². The molecule has 1 saturated heterocycles. The van der Waals surface area contributed by atoms with Crippen LogP contribution in [0.2, 0.25) is 5.02 Å². The summed E-state index contributed by atoms with van der Waals surface area (Å²) in [6.45, 7) is 3.70. The zero-order valence-electron chi connectivity index (χ0n) is 8.50. The second-order valence-corrected chi connectivity index (χ2v) is 4.80. The lowest BCUT2D eigenvalue weighted by Crippen LogP contribution is -2.27. The van der Waals surface area contributed by atoms with E-state index in [0.29, 0.717) is 22.3 Å². The summed E-state index contributed by atoms with van der Waals surface area (Å²) < 4.78 is 5.41. The van der Waals surface area contributed by atoms with Crippen LogP contribution in [0, 0.1) is 0 Å². The third kappa shape index (κ3) is 1.89. The Bertz CT molecular complexity index is 423. The van der Waals surface area contributed by atoms with Gasteiger partial charge in [-0.05, 0) is 17.7 Å². The second-order valence-electron chi connectivity index (χ2n) is 3.80. The lowest BCUT2D eigenvalue weighted by Gasteiger charge is -2.25. The van der Waals surface area contributed by atoms with Gasteiger partial charge in [0.05, 0.1) is 0 Å². The highest BCUT2D eigenvalue weighted by molar-refractivity contribution is 9.09. The molecular formula is C12H10BrClO2. The summed E-state index contributed by atoms with van der Waals surface area (Å²) >= 11 is 9.22. The Balaban J connectivity index is 2.40. The highest BCUT2D eigenvalue weighted by Crippen LogP contribution is 2.40. The van der Waals surface area contributed by atoms with Crippen molar-refractivity contribution >= 4 is 33.5 Å². The molecule has 0 saturated carbocycles. The van der Waals surface area contributed by atoms with Gasteiger partial charge in [0.15, 0.2) is 5.60 Å². The Labute approximate surface area is 107 Å². The number of rotatable bonds is 2. The topological polar surface area (TPSA) is 26.3 Å². The van der Waals surface area contributed by atoms with Gasteiger partial charge in [-0.25, -0.2) is 4.79 Å². The van der Waals surface area contributed by atoms with Crippen LogP contribution in [0.15, 0.2) is 36.4 Å². The summed E-state index contributed by atoms with van der Waals surface area (Å²) in [6.07, 6.45) is 0.513. The first-order chi connectivity index (χ1) is 7.57. The molecule has 1 heterocycles. The van der Waals surface area contributed by atoms with E-state index in [9.17, 15) is 4.79 Å². The van der Waals surface area contributed by atoms with Crippen LogP contribution in [0.1, 0.15) is 12.0 Å². The van der Waals surface area contributed by atoms with Gasteiger partial charge in [-0.15, -0.1) is 0 Å². The van der Waals surface area contributed by atoms with E-state index in [0.717, 1.165) is 5.56 Å². The van der Waals surface area contributed by atoms with Gasteiger partial charge in [0, 0.05) is 22.3 Å². The Morgan fingerprint density at radius 2 is 2.06 bits per heavy atom. The third-order valence-corrected chi connectivity index (χ3v) is 3.82. The molecule has 0 bridgehead atoms. The molecule has 1 aliphatic heterocycles. The molecule has 0 aliphatic carbocycles. The molecular weight excluding hydrogens is 291 g/mol. The van der Waals surface area contributed by atoms with Crippen LogP contribution in [0.4, 0.5) is 0 Å². The molecule has 1 aromatic carbocycles. The molecule has 2 nitrogen and oxygen atoms in total. The van der Waals surface area contributed by atoms with Gasteiger partial charge in [-0.3, -0.25) is 0 Å². The van der Waals surface area contributed by atoms with Crippen LogP contribution in [-0.4, -0.2) is 11.3 Å². The highest BCUT2D eigenvalue weighted by atomic mass is 79.9. The lowest BCUT2D eigenvalue weighted by molar-refractivity contribution is -0.145. The summed E-state index contributed by atoms with van der Waals surface area (Å²) in [5.41, 5.74) is 0.814. The molecule has 1 unspecified atom stereocenters. The first-order valence-electron chi connectivity index (χ1n) is 4.80. The molecule has 0 N–H and O–H groups in total. The zero-order chi connectivity index (χ0) is 11.8. The maximum atomic E-state index is 11.4. The van der Waals surface area contributed by atoms with Crippen molar-refractivity contribution in [2.45, 2.75) is 12.0 Å². The fraction of sp³-hybridized carbons (Fsp3) is 0.250. The van der Waals surface area contributed by atoms with E-state index >= 15 is 0 Å². The van der Waals surface area contributed by atoms with Gasteiger partial charge in [-0.1, -0.05) is 46.2 Å². The van der Waals surface area contributed by atoms with E-state index in [1.807, 2.05) is 12.1 Å². The van der Waals surface area contributed by atoms with Gasteiger partial charge < -0.3 is 4.74 Å². The second kappa shape index (κ2) is 4.22. The predicted octanol–water partition coefficient (Wildman–Crippen LogP) is 3.43. The van der Waals surface area contributed by atoms with Crippen molar-refractivity contribution in [2.75, 3.05) is 5.33 Å². The smallest absolute Gasteiger partial charge is 0.334 e. The van der Waals surface area contributed by atoms with Crippen molar-refractivity contribution < 1.29 is 9.53 Å². The number of benzene rings is 1. The normalized spacial score (nSPS) is 24.6. The van der Waals surface area contributed by atoms with E-state index < -0.39 is 5.60 Å². The molecule has 84 valence electrons. The van der Waals surface area contributed by atoms with Crippen molar-refractivity contribution in [3.63, 3.8) is 0 Å². The fourth-order valence-electron chi connectivity index (χ4n) is 1.77. The summed E-state index contributed by atoms with van der Waals surface area (Å²) in [6, 6.07) is 7.32. The Kier molecular flexibility index (Phi) is 3.08. The van der Waals surface area contributed by atoms with Gasteiger partial charge in [0.2, 0.25) is 0 Å². The van der Waals surface area contributed by atoms with Crippen molar-refractivity contribution in [3.05, 3.63) is 47.0 Å². The number of ether oxygens (including phenoxy) is 1. The van der Waals surface area contributed by atoms with Crippen LogP contribution in [0.5, 0.6) is 0 Å². The average Bonchev–Trinajstić information content (AvgIpc) is 2.57. The molecule has 1 atom stereocenters. The standard InChI is InChI=1S/C12H10BrClO2/c1-8-6-12(7-13,16-11(8)15)9-2-4-10(14)5-3-9/h2-5H,1,6-7H2. The highest BCUT2D eigenvalue weighted by Gasteiger charge is 2.43. The molecule has 0 radical (unpaired) electrons. The molecule has 1 aromatic rings. The number of alkyl halides is 1. The molecule has 0 amide bonds. The SMILES string of the molecule is C=C1CC(CBr)(c2ccc(Cl)cc2)OC1=O. The minimum atomic E-state index is -0.626. The summed E-state index contributed by atoms with van der Waals surface area (Å²) in [4.78, 5) is 11.4. The van der Waals surface area contributed by atoms with Gasteiger partial charge in [-0.2, -0.15) is 0 Å². The summed E-state index contributed by atoms with van der Waals surface area (Å²) in [5.74, 6) is -0.325. The summed E-state index contributed by atoms with van der Waals surface area (Å²) in [7, 11) is 0. The number of esters is 1. The molecule has 0 aromatic heterocycles. The Morgan fingerprint density at radius 3 is 2.50 bits per heavy atom. The molecule has 2 rings (SSSR count). The van der Waals surface area contributed by atoms with Gasteiger partial charge in [0.1, 0.15) is 0 Å². The largest absolute Gasteiger partial charge is 0.450 e. The molecule has 1 aliphatic rings. The fourth-order valence-corrected chi connectivity index (χ4v) is 2.53. The quantitative estimate of drug-likeness (QED) is 0.475. The first kappa shape index (κ1) is 11.7. The van der Waals surface area contributed by atoms with E-state index in [1.165, 1.54) is 0 Å². The van der Waals surface area contributed by atoms with Crippen molar-refractivity contribution in [2.24, 2.45) is 0 Å². The Hall–Kier alpha value is -0.800. The number of cyclic esters (lactones) is 1. The number of carbonyl (C=O) groups is 1. The van der Waals surface area contributed by atoms with E-state index in [-0.39, 0.29) is 5.97 Å².